The van der Waals surface area contributed by atoms with E-state index in [2.05, 4.69) is 10.1 Å². The Morgan fingerprint density at radius 2 is 2.13 bits per heavy atom. The minimum atomic E-state index is -0.645. The molecule has 6 N–H and O–H groups in total. The quantitative estimate of drug-likeness (QED) is 0.418. The molecule has 30 heavy (non-hydrogen) atoms. The van der Waals surface area contributed by atoms with Gasteiger partial charge in [-0.05, 0) is 31.2 Å². The molecule has 3 heterocycles. The van der Waals surface area contributed by atoms with Gasteiger partial charge in [0.2, 0.25) is 0 Å². The van der Waals surface area contributed by atoms with E-state index in [9.17, 15) is 9.18 Å². The van der Waals surface area contributed by atoms with Crippen molar-refractivity contribution in [3.8, 4) is 11.3 Å². The first kappa shape index (κ1) is 19.2. The maximum absolute atomic E-state index is 14.8. The topological polar surface area (TPSA) is 129 Å². The summed E-state index contributed by atoms with van der Waals surface area (Å²) in [6.45, 7) is 1.74. The number of benzene rings is 1. The number of imidazole rings is 1. The van der Waals surface area contributed by atoms with E-state index in [1.807, 2.05) is 22.7 Å². The number of halogens is 1. The van der Waals surface area contributed by atoms with Gasteiger partial charge in [-0.2, -0.15) is 0 Å². The number of pyridine rings is 1. The van der Waals surface area contributed by atoms with Gasteiger partial charge in [0.05, 0.1) is 29.2 Å². The number of hydrogen-bond acceptors (Lipinski definition) is 5. The van der Waals surface area contributed by atoms with Gasteiger partial charge in [0.15, 0.2) is 6.21 Å². The molecule has 0 aliphatic heterocycles. The second kappa shape index (κ2) is 7.72. The van der Waals surface area contributed by atoms with Crippen LogP contribution >= 0.6 is 0 Å². The molecule has 9 heteroatoms. The van der Waals surface area contributed by atoms with Crippen molar-refractivity contribution in [2.24, 2.45) is 5.73 Å². The predicted octanol–water partition coefficient (Wildman–Crippen LogP) is 0.602. The first-order chi connectivity index (χ1) is 14.5. The first-order valence-electron chi connectivity index (χ1n) is 9.07. The average molecular weight is 406 g/mol. The number of nitrogens with zero attached hydrogens (tertiary/aromatic N) is 3. The normalized spacial score (nSPS) is 11.7. The second-order valence-corrected chi connectivity index (χ2v) is 6.65. The average Bonchev–Trinajstić information content (AvgIpc) is 3.34. The summed E-state index contributed by atoms with van der Waals surface area (Å²) in [5, 5.41) is 10.5. The van der Waals surface area contributed by atoms with Gasteiger partial charge < -0.3 is 10.3 Å². The third kappa shape index (κ3) is 3.49. The van der Waals surface area contributed by atoms with Crippen molar-refractivity contribution in [3.63, 3.8) is 0 Å². The Balaban J connectivity index is 1.68. The van der Waals surface area contributed by atoms with E-state index in [1.54, 1.807) is 25.3 Å². The highest BCUT2D eigenvalue weighted by Crippen LogP contribution is 2.24. The molecular weight excluding hydrogens is 387 g/mol. The van der Waals surface area contributed by atoms with Crippen LogP contribution in [0.5, 0.6) is 0 Å². The number of rotatable bonds is 5. The smallest absolute Gasteiger partial charge is 0.353 e. The van der Waals surface area contributed by atoms with E-state index < -0.39 is 11.7 Å². The maximum atomic E-state index is 14.8. The number of amides is 1. The number of fused-ring (bicyclic) bond motifs is 1. The molecule has 0 aliphatic rings. The third-order valence-electron chi connectivity index (χ3n) is 4.65. The van der Waals surface area contributed by atoms with E-state index >= 15 is 0 Å². The van der Waals surface area contributed by atoms with Crippen LogP contribution < -0.4 is 16.5 Å². The Labute approximate surface area is 170 Å². The van der Waals surface area contributed by atoms with Crippen LogP contribution in [0.2, 0.25) is 0 Å². The van der Waals surface area contributed by atoms with Crippen molar-refractivity contribution in [2.45, 2.75) is 6.92 Å². The van der Waals surface area contributed by atoms with Gasteiger partial charge in [0.1, 0.15) is 17.0 Å². The lowest BCUT2D eigenvalue weighted by atomic mass is 10.1. The third-order valence-corrected chi connectivity index (χ3v) is 4.65. The van der Waals surface area contributed by atoms with Crippen LogP contribution in [0, 0.1) is 12.7 Å². The molecule has 1 amide bonds. The zero-order valence-electron chi connectivity index (χ0n) is 16.0. The standard InChI is InChI=1S/C21H17FN6O2/c1-12-6-20(30-27-12)26-21(29)16-4-2-13(7-17(16)22)18-10-25-19-5-3-14(11-28(18)19)15(8-23)9-24/h2-11,23H,24H2,1H3,(H,26,29)/p+2. The van der Waals surface area contributed by atoms with Gasteiger partial charge in [-0.3, -0.25) is 9.81 Å². The number of carbonyl (C=O) groups excluding carboxylic acids is 1. The van der Waals surface area contributed by atoms with E-state index in [4.69, 9.17) is 15.7 Å². The van der Waals surface area contributed by atoms with E-state index in [-0.39, 0.29) is 11.4 Å². The van der Waals surface area contributed by atoms with Crippen molar-refractivity contribution in [3.05, 3.63) is 77.6 Å². The predicted molar refractivity (Wildman–Crippen MR) is 108 cm³/mol. The van der Waals surface area contributed by atoms with Gasteiger partial charge in [0.25, 0.3) is 0 Å². The molecule has 0 spiro atoms. The number of aryl methyl sites for hydroxylation is 1. The summed E-state index contributed by atoms with van der Waals surface area (Å²) in [5.74, 6) is -0.878. The largest absolute Gasteiger partial charge is 0.404 e. The number of allylic oxidation sites excluding steroid dienone is 1. The number of aromatic nitrogens is 3. The lowest BCUT2D eigenvalue weighted by molar-refractivity contribution is -0.480. The molecule has 0 aliphatic carbocycles. The highest BCUT2D eigenvalue weighted by atomic mass is 19.1. The molecule has 0 saturated heterocycles. The fourth-order valence-electron chi connectivity index (χ4n) is 3.15. The Bertz CT molecular complexity index is 1300. The Morgan fingerprint density at radius 1 is 1.30 bits per heavy atom. The summed E-state index contributed by atoms with van der Waals surface area (Å²) in [7, 11) is 0. The first-order valence-corrected chi connectivity index (χ1v) is 9.07. The monoisotopic (exact) mass is 406 g/mol. The number of quaternary nitrogens is 1. The van der Waals surface area contributed by atoms with Crippen LogP contribution in [0.25, 0.3) is 22.5 Å². The van der Waals surface area contributed by atoms with Gasteiger partial charge in [-0.15, -0.1) is 0 Å². The van der Waals surface area contributed by atoms with Crippen molar-refractivity contribution < 1.29 is 24.4 Å². The fraction of sp³-hybridized carbons (Fsp3) is 0.0476. The Morgan fingerprint density at radius 3 is 2.80 bits per heavy atom. The molecule has 0 fully saturated rings. The minimum absolute atomic E-state index is 0.0617. The zero-order chi connectivity index (χ0) is 21.3. The molecular formula is C21H19FN6O2+2. The number of nitrogens with two attached hydrogens (primary N) is 3. The van der Waals surface area contributed by atoms with E-state index in [0.717, 1.165) is 5.56 Å². The van der Waals surface area contributed by atoms with Crippen LogP contribution in [0.1, 0.15) is 21.6 Å². The molecule has 8 nitrogen and oxygen atoms in total. The van der Waals surface area contributed by atoms with Gasteiger partial charge in [-0.25, -0.2) is 19.5 Å². The van der Waals surface area contributed by atoms with Crippen LogP contribution in [0.15, 0.2) is 59.5 Å². The highest BCUT2D eigenvalue weighted by Gasteiger charge is 2.20. The summed E-state index contributed by atoms with van der Waals surface area (Å²) in [6, 6.07) is 9.67. The summed E-state index contributed by atoms with van der Waals surface area (Å²) < 4.78 is 21.6. The Hall–Kier alpha value is -4.11. The van der Waals surface area contributed by atoms with E-state index in [1.165, 1.54) is 29.9 Å². The molecule has 0 bridgehead atoms. The second-order valence-electron chi connectivity index (χ2n) is 6.65. The molecule has 150 valence electrons. The molecule has 1 aromatic carbocycles. The molecule has 0 atom stereocenters. The van der Waals surface area contributed by atoms with Gasteiger partial charge in [0, 0.05) is 23.5 Å². The molecule has 0 radical (unpaired) electrons. The van der Waals surface area contributed by atoms with Gasteiger partial charge >= 0.3 is 11.8 Å². The number of primary amides is 1. The molecule has 0 saturated carbocycles. The molecule has 3 aromatic heterocycles. The minimum Gasteiger partial charge on any atom is -0.404 e. The lowest BCUT2D eigenvalue weighted by Crippen LogP contribution is -2.82. The molecule has 0 unspecified atom stereocenters. The fourth-order valence-corrected chi connectivity index (χ4v) is 3.15. The van der Waals surface area contributed by atoms with Crippen molar-refractivity contribution in [2.75, 3.05) is 0 Å². The van der Waals surface area contributed by atoms with Crippen LogP contribution in [0.4, 0.5) is 10.3 Å². The summed E-state index contributed by atoms with van der Waals surface area (Å²) >= 11 is 0. The van der Waals surface area contributed by atoms with Crippen LogP contribution in [-0.2, 0) is 0 Å². The summed E-state index contributed by atoms with van der Waals surface area (Å²) in [4.78, 5) is 16.8. The Kier molecular flexibility index (Phi) is 4.95. The highest BCUT2D eigenvalue weighted by molar-refractivity contribution is 6.06. The summed E-state index contributed by atoms with van der Waals surface area (Å²) in [6.07, 6.45) is 6.27. The maximum Gasteiger partial charge on any atom is 0.353 e. The van der Waals surface area contributed by atoms with Gasteiger partial charge in [-0.1, -0.05) is 11.2 Å². The van der Waals surface area contributed by atoms with Crippen LogP contribution in [0.3, 0.4) is 0 Å². The van der Waals surface area contributed by atoms with Crippen molar-refractivity contribution >= 4 is 29.2 Å². The van der Waals surface area contributed by atoms with Crippen molar-refractivity contribution in [1.82, 2.24) is 14.5 Å². The lowest BCUT2D eigenvalue weighted by Gasteiger charge is -2.06. The van der Waals surface area contributed by atoms with Crippen LogP contribution in [-0.4, -0.2) is 26.7 Å². The zero-order valence-corrected chi connectivity index (χ0v) is 16.0. The number of carbonyl (C=O) groups is 1. The summed E-state index contributed by atoms with van der Waals surface area (Å²) in [5.41, 5.74) is 9.53. The molecule has 4 aromatic rings. The molecule has 4 rings (SSSR count). The van der Waals surface area contributed by atoms with E-state index in [0.29, 0.717) is 28.2 Å². The SMILES string of the molecule is Cc1cc([NH2+]C(=O)c2ccc(-c3cnc4ccc(C(C=[NH2+])=CN)cn34)cc2F)on1. The number of hydrogen-bond donors (Lipinski definition) is 3. The van der Waals surface area contributed by atoms with Crippen molar-refractivity contribution in [1.29, 1.82) is 0 Å².